The number of hydrogen-bond donors (Lipinski definition) is 4. The Kier molecular flexibility index (Phi) is 13.9. The first-order valence-corrected chi connectivity index (χ1v) is 17.2. The van der Waals surface area contributed by atoms with Gasteiger partial charge in [-0.25, -0.2) is 17.6 Å². The third kappa shape index (κ3) is 9.86. The lowest BCUT2D eigenvalue weighted by Gasteiger charge is -2.42. The van der Waals surface area contributed by atoms with E-state index in [2.05, 4.69) is 0 Å². The summed E-state index contributed by atoms with van der Waals surface area (Å²) in [6.45, 7) is 2.11. The summed E-state index contributed by atoms with van der Waals surface area (Å²) >= 11 is 0. The van der Waals surface area contributed by atoms with Gasteiger partial charge in [0.25, 0.3) is 0 Å². The molecule has 4 aromatic carbocycles. The number of carboxylic acid groups (broad SMARTS) is 2. The molecular weight excluding hydrogens is 696 g/mol. The lowest BCUT2D eigenvalue weighted by molar-refractivity contribution is -0.140. The molecule has 284 valence electrons. The Bertz CT molecular complexity index is 1550. The van der Waals surface area contributed by atoms with Crippen LogP contribution in [0.5, 0.6) is 0 Å². The van der Waals surface area contributed by atoms with Crippen molar-refractivity contribution in [2.45, 2.75) is 36.9 Å². The minimum Gasteiger partial charge on any atom is -0.480 e. The number of halogens is 4. The molecule has 13 heteroatoms. The van der Waals surface area contributed by atoms with E-state index in [1.807, 2.05) is 9.80 Å². The number of likely N-dealkylation sites (tertiary alicyclic amines) is 2. The number of carboxylic acids is 2. The van der Waals surface area contributed by atoms with Crippen LogP contribution in [0.4, 0.5) is 17.6 Å². The van der Waals surface area contributed by atoms with Gasteiger partial charge in [0, 0.05) is 0 Å². The molecule has 2 heterocycles. The van der Waals surface area contributed by atoms with Crippen LogP contribution in [0.2, 0.25) is 0 Å². The molecule has 53 heavy (non-hydrogen) atoms. The van der Waals surface area contributed by atoms with Crippen molar-refractivity contribution < 1.29 is 53.1 Å². The molecule has 6 rings (SSSR count). The average Bonchev–Trinajstić information content (AvgIpc) is 3.12. The van der Waals surface area contributed by atoms with Crippen LogP contribution in [0.25, 0.3) is 0 Å². The highest BCUT2D eigenvalue weighted by atomic mass is 19.1. The van der Waals surface area contributed by atoms with Gasteiger partial charge in [-0.3, -0.25) is 19.4 Å². The maximum atomic E-state index is 13.4. The number of piperidine rings is 2. The zero-order valence-corrected chi connectivity index (χ0v) is 29.0. The number of hydrogen-bond acceptors (Lipinski definition) is 6. The van der Waals surface area contributed by atoms with Crippen LogP contribution in [-0.2, 0) is 20.8 Å². The third-order valence-corrected chi connectivity index (χ3v) is 10.2. The third-order valence-electron chi connectivity index (χ3n) is 10.2. The molecule has 0 aliphatic carbocycles. The first-order valence-electron chi connectivity index (χ1n) is 17.2. The highest BCUT2D eigenvalue weighted by molar-refractivity contribution is 5.69. The van der Waals surface area contributed by atoms with Crippen molar-refractivity contribution in [2.75, 3.05) is 39.3 Å². The molecule has 0 saturated carbocycles. The normalized spacial score (nSPS) is 16.3. The quantitative estimate of drug-likeness (QED) is 0.163. The molecule has 0 radical (unpaired) electrons. The van der Waals surface area contributed by atoms with E-state index >= 15 is 0 Å². The van der Waals surface area contributed by atoms with Crippen LogP contribution in [0, 0.1) is 35.1 Å². The highest BCUT2D eigenvalue weighted by Gasteiger charge is 2.43. The van der Waals surface area contributed by atoms with E-state index in [-0.39, 0.29) is 30.4 Å². The van der Waals surface area contributed by atoms with Crippen LogP contribution in [-0.4, -0.2) is 86.9 Å². The maximum Gasteiger partial charge on any atom is 0.317 e. The molecule has 6 N–H and O–H groups in total. The molecule has 0 unspecified atom stereocenters. The Labute approximate surface area is 305 Å². The fourth-order valence-corrected chi connectivity index (χ4v) is 7.49. The number of aliphatic carboxylic acids is 2. The van der Waals surface area contributed by atoms with Gasteiger partial charge in [-0.1, -0.05) is 48.5 Å². The maximum absolute atomic E-state index is 13.4. The molecular formula is C40H44F4N2O7. The van der Waals surface area contributed by atoms with Crippen LogP contribution in [0.15, 0.2) is 97.1 Å². The summed E-state index contributed by atoms with van der Waals surface area (Å²) in [5.41, 5.74) is -0.610. The molecule has 2 fully saturated rings. The topological polar surface area (TPSA) is 153 Å². The summed E-state index contributed by atoms with van der Waals surface area (Å²) in [5, 5.41) is 41.2. The Balaban J connectivity index is 0.000000232. The second-order valence-electron chi connectivity index (χ2n) is 13.4. The van der Waals surface area contributed by atoms with Gasteiger partial charge in [-0.2, -0.15) is 0 Å². The summed E-state index contributed by atoms with van der Waals surface area (Å²) in [5.74, 6) is -3.73. The summed E-state index contributed by atoms with van der Waals surface area (Å²) in [7, 11) is 0. The average molecular weight is 741 g/mol. The summed E-state index contributed by atoms with van der Waals surface area (Å²) in [6, 6.07) is 22.7. The summed E-state index contributed by atoms with van der Waals surface area (Å²) in [6.07, 6.45) is 2.33. The Morgan fingerprint density at radius 3 is 0.887 bits per heavy atom. The Hall–Kier alpha value is -4.66. The minimum absolute atomic E-state index is 0. The molecule has 0 atom stereocenters. The lowest BCUT2D eigenvalue weighted by Crippen LogP contribution is -2.45. The number of carbonyl (C=O) groups is 2. The van der Waals surface area contributed by atoms with E-state index in [0.29, 0.717) is 74.1 Å². The highest BCUT2D eigenvalue weighted by Crippen LogP contribution is 2.43. The Morgan fingerprint density at radius 2 is 0.698 bits per heavy atom. The lowest BCUT2D eigenvalue weighted by atomic mass is 9.72. The molecule has 0 amide bonds. The molecule has 2 saturated heterocycles. The standard InChI is InChI=1S/2C20H21F2NO3.H2O/c2*21-17-5-1-14(2-6-17)20(26,15-3-7-18(22)8-4-15)16-9-11-23(12-10-16)13-19(24)25;/h2*1-8,16,26H,9-13H2,(H,24,25);1H2. The monoisotopic (exact) mass is 740 g/mol. The van der Waals surface area contributed by atoms with Crippen molar-refractivity contribution in [1.82, 2.24) is 9.80 Å². The van der Waals surface area contributed by atoms with Crippen LogP contribution >= 0.6 is 0 Å². The zero-order valence-electron chi connectivity index (χ0n) is 29.0. The largest absolute Gasteiger partial charge is 0.480 e. The molecule has 4 aromatic rings. The van der Waals surface area contributed by atoms with Crippen molar-refractivity contribution in [3.05, 3.63) is 143 Å². The van der Waals surface area contributed by atoms with Gasteiger partial charge in [0.1, 0.15) is 34.5 Å². The Morgan fingerprint density at radius 1 is 0.491 bits per heavy atom. The number of benzene rings is 4. The van der Waals surface area contributed by atoms with Crippen molar-refractivity contribution in [1.29, 1.82) is 0 Å². The van der Waals surface area contributed by atoms with E-state index in [0.717, 1.165) is 0 Å². The van der Waals surface area contributed by atoms with Gasteiger partial charge < -0.3 is 25.9 Å². The van der Waals surface area contributed by atoms with Gasteiger partial charge in [0.15, 0.2) is 0 Å². The van der Waals surface area contributed by atoms with Crippen LogP contribution in [0.1, 0.15) is 47.9 Å². The zero-order chi connectivity index (χ0) is 37.5. The van der Waals surface area contributed by atoms with E-state index in [1.165, 1.54) is 48.5 Å². The van der Waals surface area contributed by atoms with Crippen LogP contribution < -0.4 is 0 Å². The van der Waals surface area contributed by atoms with E-state index < -0.39 is 46.4 Å². The van der Waals surface area contributed by atoms with Crippen LogP contribution in [0.3, 0.4) is 0 Å². The number of nitrogens with zero attached hydrogens (tertiary/aromatic N) is 2. The minimum atomic E-state index is -1.39. The number of rotatable bonds is 10. The second kappa shape index (κ2) is 17.9. The number of aliphatic hydroxyl groups is 2. The summed E-state index contributed by atoms with van der Waals surface area (Å²) in [4.78, 5) is 25.4. The summed E-state index contributed by atoms with van der Waals surface area (Å²) < 4.78 is 53.4. The van der Waals surface area contributed by atoms with Gasteiger partial charge in [-0.05, 0) is 134 Å². The fraction of sp³-hybridized carbons (Fsp3) is 0.350. The predicted octanol–water partition coefficient (Wildman–Crippen LogP) is 5.17. The van der Waals surface area contributed by atoms with E-state index in [4.69, 9.17) is 10.2 Å². The molecule has 2 aliphatic rings. The van der Waals surface area contributed by atoms with Gasteiger partial charge >= 0.3 is 11.9 Å². The van der Waals surface area contributed by atoms with Gasteiger partial charge in [0.2, 0.25) is 0 Å². The van der Waals surface area contributed by atoms with E-state index in [1.54, 1.807) is 48.5 Å². The van der Waals surface area contributed by atoms with Crippen molar-refractivity contribution in [3.63, 3.8) is 0 Å². The molecule has 0 aromatic heterocycles. The molecule has 0 spiro atoms. The molecule has 2 aliphatic heterocycles. The first kappa shape index (κ1) is 41.1. The van der Waals surface area contributed by atoms with E-state index in [9.17, 15) is 37.4 Å². The first-order chi connectivity index (χ1) is 24.8. The second-order valence-corrected chi connectivity index (χ2v) is 13.4. The van der Waals surface area contributed by atoms with Crippen molar-refractivity contribution in [2.24, 2.45) is 11.8 Å². The fourth-order valence-electron chi connectivity index (χ4n) is 7.49. The van der Waals surface area contributed by atoms with Gasteiger partial charge in [-0.15, -0.1) is 0 Å². The SMILES string of the molecule is O.O=C(O)CN1CCC(C(O)(c2ccc(F)cc2)c2ccc(F)cc2)CC1.O=C(O)CN1CCC(C(O)(c2ccc(F)cc2)c2ccc(F)cc2)CC1. The smallest absolute Gasteiger partial charge is 0.317 e. The molecule has 0 bridgehead atoms. The van der Waals surface area contributed by atoms with Gasteiger partial charge in [0.05, 0.1) is 13.1 Å². The predicted molar refractivity (Wildman–Crippen MR) is 189 cm³/mol. The van der Waals surface area contributed by atoms with Crippen molar-refractivity contribution in [3.8, 4) is 0 Å². The molecule has 9 nitrogen and oxygen atoms in total. The van der Waals surface area contributed by atoms with Crippen molar-refractivity contribution >= 4 is 11.9 Å².